The van der Waals surface area contributed by atoms with Crippen LogP contribution in [0.3, 0.4) is 0 Å². The molecule has 0 spiro atoms. The number of aromatic carboxylic acids is 1. The Hall–Kier alpha value is -4.20. The Morgan fingerprint density at radius 1 is 0.971 bits per heavy atom. The van der Waals surface area contributed by atoms with E-state index in [9.17, 15) is 23.9 Å². The highest BCUT2D eigenvalue weighted by Crippen LogP contribution is 2.44. The molecule has 3 aromatic carbocycles. The lowest BCUT2D eigenvalue weighted by molar-refractivity contribution is -0.118. The van der Waals surface area contributed by atoms with E-state index in [4.69, 9.17) is 4.74 Å². The number of carbonyl (C=O) groups excluding carboxylic acids is 2. The van der Waals surface area contributed by atoms with Gasteiger partial charge in [-0.3, -0.25) is 4.79 Å². The molecule has 0 unspecified atom stereocenters. The van der Waals surface area contributed by atoms with E-state index in [0.717, 1.165) is 28.3 Å². The molecule has 0 fully saturated rings. The summed E-state index contributed by atoms with van der Waals surface area (Å²) in [4.78, 5) is 36.5. The van der Waals surface area contributed by atoms with Gasteiger partial charge in [0.05, 0.1) is 5.69 Å². The van der Waals surface area contributed by atoms with Crippen LogP contribution in [0.25, 0.3) is 11.1 Å². The van der Waals surface area contributed by atoms with Gasteiger partial charge < -0.3 is 20.5 Å². The molecular weight excluding hydrogens is 439 g/mol. The molecule has 0 saturated heterocycles. The minimum absolute atomic E-state index is 0.0883. The number of amides is 2. The third kappa shape index (κ3) is 4.47. The van der Waals surface area contributed by atoms with Crippen LogP contribution in [0.2, 0.25) is 0 Å². The van der Waals surface area contributed by atoms with Gasteiger partial charge in [0.25, 0.3) is 0 Å². The van der Waals surface area contributed by atoms with Crippen molar-refractivity contribution in [1.82, 2.24) is 5.32 Å². The van der Waals surface area contributed by atoms with Crippen LogP contribution in [0.4, 0.5) is 14.9 Å². The number of hydrogen-bond donors (Lipinski definition) is 3. The van der Waals surface area contributed by atoms with Crippen LogP contribution in [0.5, 0.6) is 0 Å². The lowest BCUT2D eigenvalue weighted by Gasteiger charge is -2.19. The third-order valence-electron chi connectivity index (χ3n) is 5.85. The molecule has 8 heteroatoms. The number of carbonyl (C=O) groups is 3. The molecule has 1 aliphatic carbocycles. The van der Waals surface area contributed by atoms with Gasteiger partial charge in [-0.15, -0.1) is 0 Å². The van der Waals surface area contributed by atoms with E-state index in [1.165, 1.54) is 12.1 Å². The first kappa shape index (κ1) is 23.0. The molecule has 1 atom stereocenters. The summed E-state index contributed by atoms with van der Waals surface area (Å²) < 4.78 is 19.4. The number of fused-ring (bicyclic) bond motifs is 3. The van der Waals surface area contributed by atoms with E-state index in [1.807, 2.05) is 48.5 Å². The van der Waals surface area contributed by atoms with Crippen molar-refractivity contribution in [3.05, 3.63) is 89.2 Å². The van der Waals surface area contributed by atoms with Gasteiger partial charge in [-0.05, 0) is 40.8 Å². The topological polar surface area (TPSA) is 105 Å². The zero-order valence-electron chi connectivity index (χ0n) is 18.4. The van der Waals surface area contributed by atoms with Crippen LogP contribution >= 0.6 is 0 Å². The van der Waals surface area contributed by atoms with Crippen molar-refractivity contribution >= 4 is 23.7 Å². The molecule has 0 aliphatic heterocycles. The molecule has 0 heterocycles. The maximum atomic E-state index is 13.9. The summed E-state index contributed by atoms with van der Waals surface area (Å²) in [6, 6.07) is 18.4. The Bertz CT molecular complexity index is 1210. The molecule has 0 radical (unpaired) electrons. The van der Waals surface area contributed by atoms with E-state index < -0.39 is 35.4 Å². The highest BCUT2D eigenvalue weighted by atomic mass is 19.1. The van der Waals surface area contributed by atoms with E-state index in [2.05, 4.69) is 10.6 Å². The van der Waals surface area contributed by atoms with E-state index in [1.54, 1.807) is 6.92 Å². The summed E-state index contributed by atoms with van der Waals surface area (Å²) in [5.41, 5.74) is 3.49. The van der Waals surface area contributed by atoms with Gasteiger partial charge in [0.2, 0.25) is 5.91 Å². The van der Waals surface area contributed by atoms with Gasteiger partial charge >= 0.3 is 12.1 Å². The second kappa shape index (κ2) is 9.74. The molecule has 3 N–H and O–H groups in total. The number of carboxylic acids is 1. The van der Waals surface area contributed by atoms with Gasteiger partial charge in [0.15, 0.2) is 0 Å². The van der Waals surface area contributed by atoms with Crippen molar-refractivity contribution < 1.29 is 28.6 Å². The lowest BCUT2D eigenvalue weighted by atomic mass is 9.98. The monoisotopic (exact) mass is 462 g/mol. The van der Waals surface area contributed by atoms with E-state index in [-0.39, 0.29) is 24.6 Å². The minimum Gasteiger partial charge on any atom is -0.478 e. The highest BCUT2D eigenvalue weighted by molar-refractivity contribution is 6.03. The van der Waals surface area contributed by atoms with Crippen LogP contribution < -0.4 is 10.6 Å². The molecule has 0 aromatic heterocycles. The quantitative estimate of drug-likeness (QED) is 0.469. The largest absolute Gasteiger partial charge is 0.478 e. The normalized spacial score (nSPS) is 12.9. The van der Waals surface area contributed by atoms with E-state index >= 15 is 0 Å². The Kier molecular flexibility index (Phi) is 6.58. The van der Waals surface area contributed by atoms with E-state index in [0.29, 0.717) is 0 Å². The first-order valence-electron chi connectivity index (χ1n) is 10.8. The fourth-order valence-electron chi connectivity index (χ4n) is 4.20. The van der Waals surface area contributed by atoms with Crippen LogP contribution in [0.15, 0.2) is 66.7 Å². The standard InChI is InChI=1S/C26H23FN2O5/c1-2-21(24(30)28-22-13-7-12-20(27)23(22)25(31)32)29-26(33)34-14-19-17-10-5-3-8-15(17)16-9-4-6-11-18(16)19/h3-13,19,21H,2,14H2,1H3,(H,28,30)(H,29,33)(H,31,32)/t21-/m1/s1. The van der Waals surface area contributed by atoms with Crippen molar-refractivity contribution in [2.75, 3.05) is 11.9 Å². The average Bonchev–Trinajstić information content (AvgIpc) is 3.14. The molecule has 2 amide bonds. The Morgan fingerprint density at radius 3 is 2.18 bits per heavy atom. The number of anilines is 1. The van der Waals surface area contributed by atoms with Crippen LogP contribution in [-0.4, -0.2) is 35.7 Å². The van der Waals surface area contributed by atoms with Crippen molar-refractivity contribution in [2.24, 2.45) is 0 Å². The maximum Gasteiger partial charge on any atom is 0.407 e. The average molecular weight is 462 g/mol. The second-order valence-corrected chi connectivity index (χ2v) is 7.89. The number of hydrogen-bond acceptors (Lipinski definition) is 4. The zero-order chi connectivity index (χ0) is 24.2. The number of ether oxygens (including phenoxy) is 1. The Balaban J connectivity index is 1.42. The van der Waals surface area contributed by atoms with Gasteiger partial charge in [0.1, 0.15) is 24.0 Å². The highest BCUT2D eigenvalue weighted by Gasteiger charge is 2.30. The van der Waals surface area contributed by atoms with Crippen molar-refractivity contribution in [3.63, 3.8) is 0 Å². The van der Waals surface area contributed by atoms with Gasteiger partial charge in [-0.2, -0.15) is 0 Å². The molecule has 1 aliphatic rings. The minimum atomic E-state index is -1.51. The first-order chi connectivity index (χ1) is 16.4. The number of rotatable bonds is 7. The molecule has 7 nitrogen and oxygen atoms in total. The fourth-order valence-corrected chi connectivity index (χ4v) is 4.20. The van der Waals surface area contributed by atoms with Gasteiger partial charge in [-0.1, -0.05) is 61.5 Å². The number of nitrogens with one attached hydrogen (secondary N) is 2. The van der Waals surface area contributed by atoms with Crippen LogP contribution in [0.1, 0.15) is 40.7 Å². The zero-order valence-corrected chi connectivity index (χ0v) is 18.4. The lowest BCUT2D eigenvalue weighted by Crippen LogP contribution is -2.44. The molecule has 0 saturated carbocycles. The van der Waals surface area contributed by atoms with Gasteiger partial charge in [0, 0.05) is 5.92 Å². The smallest absolute Gasteiger partial charge is 0.407 e. The SMILES string of the molecule is CC[C@@H](NC(=O)OCC1c2ccccc2-c2ccccc21)C(=O)Nc1cccc(F)c1C(=O)O. The third-order valence-corrected chi connectivity index (χ3v) is 5.85. The predicted octanol–water partition coefficient (Wildman–Crippen LogP) is 4.78. The first-order valence-corrected chi connectivity index (χ1v) is 10.8. The number of halogens is 1. The number of alkyl carbamates (subject to hydrolysis) is 1. The molecule has 3 aromatic rings. The van der Waals surface area contributed by atoms with Crippen LogP contribution in [-0.2, 0) is 9.53 Å². The summed E-state index contributed by atoms with van der Waals surface area (Å²) in [6.07, 6.45) is -0.560. The Morgan fingerprint density at radius 2 is 1.59 bits per heavy atom. The van der Waals surface area contributed by atoms with Gasteiger partial charge in [-0.25, -0.2) is 14.0 Å². The summed E-state index contributed by atoms with van der Waals surface area (Å²) in [6.45, 7) is 1.77. The summed E-state index contributed by atoms with van der Waals surface area (Å²) >= 11 is 0. The fraction of sp³-hybridized carbons (Fsp3) is 0.192. The van der Waals surface area contributed by atoms with Crippen LogP contribution in [0, 0.1) is 5.82 Å². The number of carboxylic acid groups (broad SMARTS) is 1. The number of benzene rings is 3. The van der Waals surface area contributed by atoms with Crippen molar-refractivity contribution in [3.8, 4) is 11.1 Å². The van der Waals surface area contributed by atoms with Crippen molar-refractivity contribution in [1.29, 1.82) is 0 Å². The Labute approximate surface area is 195 Å². The molecule has 0 bridgehead atoms. The molecule has 174 valence electrons. The predicted molar refractivity (Wildman–Crippen MR) is 124 cm³/mol. The molecule has 34 heavy (non-hydrogen) atoms. The summed E-state index contributed by atoms with van der Waals surface area (Å²) in [5, 5.41) is 14.1. The molecule has 4 rings (SSSR count). The second-order valence-electron chi connectivity index (χ2n) is 7.89. The van der Waals surface area contributed by atoms with Crippen molar-refractivity contribution in [2.45, 2.75) is 25.3 Å². The maximum absolute atomic E-state index is 13.9. The summed E-state index contributed by atoms with van der Waals surface area (Å²) in [7, 11) is 0. The molecular formula is C26H23FN2O5. The summed E-state index contributed by atoms with van der Waals surface area (Å²) in [5.74, 6) is -3.28.